The van der Waals surface area contributed by atoms with Crippen LogP contribution in [-0.4, -0.2) is 15.5 Å². The van der Waals surface area contributed by atoms with Crippen molar-refractivity contribution in [1.82, 2.24) is 0 Å². The Balaban J connectivity index is 2.47. The molecule has 0 unspecified atom stereocenters. The third-order valence-electron chi connectivity index (χ3n) is 3.26. The maximum absolute atomic E-state index is 13.0. The Morgan fingerprint density at radius 1 is 1.08 bits per heavy atom. The molecule has 0 spiro atoms. The van der Waals surface area contributed by atoms with Crippen LogP contribution in [0, 0.1) is 6.92 Å². The highest BCUT2D eigenvalue weighted by atomic mass is 35.5. The highest BCUT2D eigenvalue weighted by Crippen LogP contribution is 2.38. The van der Waals surface area contributed by atoms with Crippen molar-refractivity contribution in [2.75, 3.05) is 11.8 Å². The van der Waals surface area contributed by atoms with Crippen molar-refractivity contribution in [2.45, 2.75) is 18.0 Å². The smallest absolute Gasteiger partial charge is 0.420 e. The van der Waals surface area contributed by atoms with E-state index >= 15 is 0 Å². The van der Waals surface area contributed by atoms with Crippen LogP contribution in [0.2, 0.25) is 10.0 Å². The number of rotatable bonds is 4. The summed E-state index contributed by atoms with van der Waals surface area (Å²) in [6.07, 6.45) is -4.71. The molecule has 136 valence electrons. The number of methoxy groups -OCH3 is 1. The van der Waals surface area contributed by atoms with Crippen molar-refractivity contribution < 1.29 is 26.3 Å². The summed E-state index contributed by atoms with van der Waals surface area (Å²) in [7, 11) is -3.13. The first-order valence-electron chi connectivity index (χ1n) is 6.69. The Bertz CT molecular complexity index is 915. The van der Waals surface area contributed by atoms with Gasteiger partial charge in [0, 0.05) is 10.7 Å². The van der Waals surface area contributed by atoms with E-state index in [0.717, 1.165) is 19.2 Å². The molecule has 0 saturated heterocycles. The van der Waals surface area contributed by atoms with Crippen LogP contribution in [0.3, 0.4) is 0 Å². The minimum atomic E-state index is -4.71. The van der Waals surface area contributed by atoms with Crippen molar-refractivity contribution in [2.24, 2.45) is 0 Å². The lowest BCUT2D eigenvalue weighted by atomic mass is 10.1. The largest absolute Gasteiger partial charge is 0.496 e. The topological polar surface area (TPSA) is 55.4 Å². The Labute approximate surface area is 152 Å². The van der Waals surface area contributed by atoms with E-state index < -0.39 is 27.5 Å². The first-order chi connectivity index (χ1) is 11.5. The van der Waals surface area contributed by atoms with E-state index in [0.29, 0.717) is 11.6 Å². The van der Waals surface area contributed by atoms with E-state index in [1.165, 1.54) is 12.1 Å². The summed E-state index contributed by atoms with van der Waals surface area (Å²) in [6, 6.07) is 5.31. The molecule has 2 aromatic carbocycles. The van der Waals surface area contributed by atoms with E-state index in [9.17, 15) is 21.6 Å². The standard InChI is InChI=1S/C15H12Cl2F3NO3S/c1-8-5-14(12(17)7-11(8)16)25(22,23)21-9-3-4-13(24-2)10(6-9)15(18,19)20/h3-7,21H,1-2H3. The fourth-order valence-electron chi connectivity index (χ4n) is 2.04. The van der Waals surface area contributed by atoms with Crippen molar-refractivity contribution in [3.8, 4) is 5.75 Å². The van der Waals surface area contributed by atoms with Crippen LogP contribution in [-0.2, 0) is 16.2 Å². The van der Waals surface area contributed by atoms with Crippen LogP contribution in [0.25, 0.3) is 0 Å². The zero-order chi connectivity index (χ0) is 19.0. The Kier molecular flexibility index (Phi) is 5.46. The van der Waals surface area contributed by atoms with Crippen LogP contribution in [0.4, 0.5) is 18.9 Å². The Hall–Kier alpha value is -1.64. The molecule has 4 nitrogen and oxygen atoms in total. The van der Waals surface area contributed by atoms with Gasteiger partial charge in [-0.3, -0.25) is 4.72 Å². The molecule has 0 bridgehead atoms. The first-order valence-corrected chi connectivity index (χ1v) is 8.93. The average molecular weight is 414 g/mol. The molecule has 10 heteroatoms. The van der Waals surface area contributed by atoms with E-state index in [4.69, 9.17) is 23.2 Å². The normalized spacial score (nSPS) is 12.1. The number of hydrogen-bond donors (Lipinski definition) is 1. The highest BCUT2D eigenvalue weighted by Gasteiger charge is 2.35. The summed E-state index contributed by atoms with van der Waals surface area (Å²) in [6.45, 7) is 1.58. The predicted molar refractivity (Wildman–Crippen MR) is 90.0 cm³/mol. The fraction of sp³-hybridized carbons (Fsp3) is 0.200. The minimum absolute atomic E-state index is 0.146. The third-order valence-corrected chi connectivity index (χ3v) is 5.51. The van der Waals surface area contributed by atoms with Crippen LogP contribution in [0.5, 0.6) is 5.75 Å². The van der Waals surface area contributed by atoms with Gasteiger partial charge in [-0.05, 0) is 42.8 Å². The van der Waals surface area contributed by atoms with Gasteiger partial charge in [-0.15, -0.1) is 0 Å². The van der Waals surface area contributed by atoms with Gasteiger partial charge in [-0.25, -0.2) is 8.42 Å². The van der Waals surface area contributed by atoms with E-state index in [2.05, 4.69) is 9.46 Å². The molecule has 25 heavy (non-hydrogen) atoms. The quantitative estimate of drug-likeness (QED) is 0.755. The molecule has 0 radical (unpaired) electrons. The molecule has 2 aromatic rings. The van der Waals surface area contributed by atoms with E-state index in [1.54, 1.807) is 6.92 Å². The lowest BCUT2D eigenvalue weighted by Crippen LogP contribution is -2.15. The number of sulfonamides is 1. The predicted octanol–water partition coefficient (Wildman–Crippen LogP) is 5.13. The molecule has 0 atom stereocenters. The van der Waals surface area contributed by atoms with E-state index in [-0.39, 0.29) is 20.6 Å². The Morgan fingerprint density at radius 3 is 2.28 bits per heavy atom. The summed E-state index contributed by atoms with van der Waals surface area (Å²) in [5, 5.41) is 0.125. The Morgan fingerprint density at radius 2 is 1.72 bits per heavy atom. The number of hydrogen-bond acceptors (Lipinski definition) is 3. The molecular weight excluding hydrogens is 402 g/mol. The summed E-state index contributed by atoms with van der Waals surface area (Å²) in [5.74, 6) is -0.421. The zero-order valence-corrected chi connectivity index (χ0v) is 15.2. The summed E-state index contributed by atoms with van der Waals surface area (Å²) in [5.41, 5.74) is -0.928. The van der Waals surface area contributed by atoms with Gasteiger partial charge >= 0.3 is 6.18 Å². The summed E-state index contributed by atoms with van der Waals surface area (Å²) < 4.78 is 70.8. The molecule has 0 aliphatic heterocycles. The molecule has 0 fully saturated rings. The number of ether oxygens (including phenoxy) is 1. The second-order valence-corrected chi connectivity index (χ2v) is 7.52. The molecule has 1 N–H and O–H groups in total. The lowest BCUT2D eigenvalue weighted by molar-refractivity contribution is -0.138. The van der Waals surface area contributed by atoms with Gasteiger partial charge in [0.25, 0.3) is 10.0 Å². The van der Waals surface area contributed by atoms with Crippen molar-refractivity contribution in [1.29, 1.82) is 0 Å². The minimum Gasteiger partial charge on any atom is -0.496 e. The van der Waals surface area contributed by atoms with Gasteiger partial charge < -0.3 is 4.74 Å². The van der Waals surface area contributed by atoms with Crippen LogP contribution in [0.1, 0.15) is 11.1 Å². The van der Waals surface area contributed by atoms with Gasteiger partial charge in [-0.1, -0.05) is 23.2 Å². The second kappa shape index (κ2) is 6.93. The number of anilines is 1. The molecule has 0 aromatic heterocycles. The van der Waals surface area contributed by atoms with Gasteiger partial charge in [0.15, 0.2) is 0 Å². The zero-order valence-electron chi connectivity index (χ0n) is 12.9. The van der Waals surface area contributed by atoms with Crippen LogP contribution >= 0.6 is 23.2 Å². The number of nitrogens with one attached hydrogen (secondary N) is 1. The number of halogens is 5. The highest BCUT2D eigenvalue weighted by molar-refractivity contribution is 7.92. The third kappa shape index (κ3) is 4.31. The van der Waals surface area contributed by atoms with Gasteiger partial charge in [0.1, 0.15) is 10.6 Å². The molecule has 0 heterocycles. The molecule has 2 rings (SSSR count). The van der Waals surface area contributed by atoms with Crippen molar-refractivity contribution in [3.05, 3.63) is 51.5 Å². The SMILES string of the molecule is COc1ccc(NS(=O)(=O)c2cc(C)c(Cl)cc2Cl)cc1C(F)(F)F. The van der Waals surface area contributed by atoms with Crippen molar-refractivity contribution >= 4 is 38.9 Å². The molecule has 0 amide bonds. The van der Waals surface area contributed by atoms with Gasteiger partial charge in [-0.2, -0.15) is 13.2 Å². The number of benzene rings is 2. The fourth-order valence-corrected chi connectivity index (χ4v) is 3.92. The van der Waals surface area contributed by atoms with Crippen LogP contribution < -0.4 is 9.46 Å². The molecule has 0 saturated carbocycles. The van der Waals surface area contributed by atoms with Gasteiger partial charge in [0.05, 0.1) is 17.7 Å². The number of alkyl halides is 3. The summed E-state index contributed by atoms with van der Waals surface area (Å²) >= 11 is 11.8. The molecular formula is C15H12Cl2F3NO3S. The second-order valence-electron chi connectivity index (χ2n) is 5.05. The monoisotopic (exact) mass is 413 g/mol. The maximum Gasteiger partial charge on any atom is 0.420 e. The maximum atomic E-state index is 13.0. The molecule has 0 aliphatic rings. The lowest BCUT2D eigenvalue weighted by Gasteiger charge is -2.15. The average Bonchev–Trinajstić information content (AvgIpc) is 2.49. The molecule has 0 aliphatic carbocycles. The summed E-state index contributed by atoms with van der Waals surface area (Å²) in [4.78, 5) is -0.291. The van der Waals surface area contributed by atoms with Gasteiger partial charge in [0.2, 0.25) is 0 Å². The number of aryl methyl sites for hydroxylation is 1. The first kappa shape index (κ1) is 19.7. The van der Waals surface area contributed by atoms with Crippen molar-refractivity contribution in [3.63, 3.8) is 0 Å². The van der Waals surface area contributed by atoms with Crippen LogP contribution in [0.15, 0.2) is 35.2 Å². The van der Waals surface area contributed by atoms with E-state index in [1.807, 2.05) is 0 Å².